The Kier molecular flexibility index (Phi) is 2.91. The summed E-state index contributed by atoms with van der Waals surface area (Å²) in [4.78, 5) is 23.8. The fourth-order valence-electron chi connectivity index (χ4n) is 1.34. The van der Waals surface area contributed by atoms with Crippen LogP contribution in [0.3, 0.4) is 0 Å². The molecule has 0 aliphatic carbocycles. The van der Waals surface area contributed by atoms with Crippen molar-refractivity contribution in [2.75, 3.05) is 0 Å². The van der Waals surface area contributed by atoms with Crippen molar-refractivity contribution >= 4 is 11.7 Å². The lowest BCUT2D eigenvalue weighted by Gasteiger charge is -2.00. The van der Waals surface area contributed by atoms with Crippen LogP contribution in [0.5, 0.6) is 0 Å². The number of nitrogens with zero attached hydrogens (tertiary/aromatic N) is 4. The monoisotopic (exact) mass is 270 g/mol. The van der Waals surface area contributed by atoms with Crippen molar-refractivity contribution in [3.05, 3.63) is 45.9 Å². The molecule has 0 saturated heterocycles. The van der Waals surface area contributed by atoms with Gasteiger partial charge in [0.05, 0.1) is 11.1 Å². The lowest BCUT2D eigenvalue weighted by atomic mass is 10.4. The topological polar surface area (TPSA) is 111 Å². The number of carboxylic acids is 1. The molecule has 0 aliphatic heterocycles. The highest BCUT2D eigenvalue weighted by atomic mass is 19.1. The van der Waals surface area contributed by atoms with Crippen LogP contribution in [0.15, 0.2) is 18.5 Å². The van der Waals surface area contributed by atoms with E-state index in [4.69, 9.17) is 5.11 Å². The molecule has 2 aromatic rings. The van der Waals surface area contributed by atoms with Gasteiger partial charge >= 0.3 is 11.7 Å². The number of carboxylic acid groups (broad SMARTS) is 1. The molecular weight excluding hydrogens is 266 g/mol. The van der Waals surface area contributed by atoms with E-state index in [1.807, 2.05) is 0 Å². The fraction of sp³-hybridized carbons (Fsp3) is 0. The Morgan fingerprint density at radius 2 is 2.16 bits per heavy atom. The van der Waals surface area contributed by atoms with Crippen LogP contribution in [0, 0.1) is 21.7 Å². The van der Waals surface area contributed by atoms with E-state index < -0.39 is 39.7 Å². The molecule has 0 aliphatic rings. The number of aromatic nitrogens is 3. The summed E-state index contributed by atoms with van der Waals surface area (Å²) in [7, 11) is 0. The molecule has 2 heterocycles. The molecule has 0 bridgehead atoms. The lowest BCUT2D eigenvalue weighted by Crippen LogP contribution is -2.05. The predicted molar refractivity (Wildman–Crippen MR) is 54.9 cm³/mol. The Morgan fingerprint density at radius 1 is 1.47 bits per heavy atom. The summed E-state index contributed by atoms with van der Waals surface area (Å²) in [5.41, 5.74) is -1.69. The predicted octanol–water partition coefficient (Wildman–Crippen LogP) is 1.15. The highest BCUT2D eigenvalue weighted by Gasteiger charge is 2.26. The number of nitro groups is 1. The zero-order valence-electron chi connectivity index (χ0n) is 8.95. The largest absolute Gasteiger partial charge is 0.476 e. The van der Waals surface area contributed by atoms with Gasteiger partial charge in [0.1, 0.15) is 12.0 Å². The van der Waals surface area contributed by atoms with Gasteiger partial charge in [-0.1, -0.05) is 0 Å². The van der Waals surface area contributed by atoms with Crippen molar-refractivity contribution in [3.63, 3.8) is 0 Å². The first-order chi connectivity index (χ1) is 8.90. The maximum absolute atomic E-state index is 13.4. The van der Waals surface area contributed by atoms with Crippen LogP contribution in [-0.2, 0) is 0 Å². The zero-order valence-corrected chi connectivity index (χ0v) is 8.95. The number of carbonyl (C=O) groups is 1. The van der Waals surface area contributed by atoms with Gasteiger partial charge in [-0.3, -0.25) is 10.1 Å². The molecule has 10 heteroatoms. The molecule has 0 fully saturated rings. The van der Waals surface area contributed by atoms with Crippen LogP contribution in [-0.4, -0.2) is 30.8 Å². The number of pyridine rings is 1. The molecule has 2 rings (SSSR count). The quantitative estimate of drug-likeness (QED) is 0.661. The number of rotatable bonds is 3. The van der Waals surface area contributed by atoms with Crippen molar-refractivity contribution in [2.45, 2.75) is 0 Å². The summed E-state index contributed by atoms with van der Waals surface area (Å²) < 4.78 is 26.6. The van der Waals surface area contributed by atoms with E-state index in [-0.39, 0.29) is 0 Å². The third-order valence-electron chi connectivity index (χ3n) is 2.10. The SMILES string of the molecule is O=C(O)c1nn(-c2ncc(F)cc2F)cc1[N+](=O)[O-]. The molecule has 0 atom stereocenters. The van der Waals surface area contributed by atoms with Gasteiger partial charge in [0.25, 0.3) is 0 Å². The maximum atomic E-state index is 13.4. The standard InChI is InChI=1S/C9H4F2N4O4/c10-4-1-5(11)8(12-2-4)14-3-6(15(18)19)7(13-14)9(16)17/h1-3H,(H,16,17). The van der Waals surface area contributed by atoms with Gasteiger partial charge in [-0.2, -0.15) is 5.10 Å². The first-order valence-electron chi connectivity index (χ1n) is 4.69. The summed E-state index contributed by atoms with van der Waals surface area (Å²) in [5, 5.41) is 22.7. The molecule has 19 heavy (non-hydrogen) atoms. The van der Waals surface area contributed by atoms with Crippen LogP contribution in [0.4, 0.5) is 14.5 Å². The van der Waals surface area contributed by atoms with Crippen molar-refractivity contribution in [2.24, 2.45) is 0 Å². The van der Waals surface area contributed by atoms with Gasteiger partial charge < -0.3 is 5.11 Å². The summed E-state index contributed by atoms with van der Waals surface area (Å²) in [6, 6.07) is 0.496. The first kappa shape index (κ1) is 12.5. The van der Waals surface area contributed by atoms with E-state index in [2.05, 4.69) is 10.1 Å². The van der Waals surface area contributed by atoms with Crippen molar-refractivity contribution in [1.29, 1.82) is 0 Å². The molecule has 0 radical (unpaired) electrons. The summed E-state index contributed by atoms with van der Waals surface area (Å²) >= 11 is 0. The van der Waals surface area contributed by atoms with Crippen molar-refractivity contribution in [3.8, 4) is 5.82 Å². The van der Waals surface area contributed by atoms with Gasteiger partial charge in [-0.15, -0.1) is 0 Å². The fourth-order valence-corrected chi connectivity index (χ4v) is 1.34. The molecule has 0 unspecified atom stereocenters. The summed E-state index contributed by atoms with van der Waals surface area (Å²) in [5.74, 6) is -4.26. The second-order valence-corrected chi connectivity index (χ2v) is 3.33. The van der Waals surface area contributed by atoms with Crippen LogP contribution >= 0.6 is 0 Å². The Balaban J connectivity index is 2.60. The molecule has 2 aromatic heterocycles. The van der Waals surface area contributed by atoms with E-state index in [0.29, 0.717) is 23.1 Å². The number of aromatic carboxylic acids is 1. The molecule has 8 nitrogen and oxygen atoms in total. The number of halogens is 2. The van der Waals surface area contributed by atoms with E-state index >= 15 is 0 Å². The van der Waals surface area contributed by atoms with E-state index in [9.17, 15) is 23.7 Å². The summed E-state index contributed by atoms with van der Waals surface area (Å²) in [6.45, 7) is 0. The zero-order chi connectivity index (χ0) is 14.2. The van der Waals surface area contributed by atoms with Crippen LogP contribution in [0.25, 0.3) is 5.82 Å². The molecule has 98 valence electrons. The maximum Gasteiger partial charge on any atom is 0.363 e. The minimum atomic E-state index is -1.65. The van der Waals surface area contributed by atoms with Gasteiger partial charge in [-0.05, 0) is 0 Å². The number of hydrogen-bond acceptors (Lipinski definition) is 5. The molecule has 0 amide bonds. The van der Waals surface area contributed by atoms with Crippen LogP contribution in [0.2, 0.25) is 0 Å². The molecular formula is C9H4F2N4O4. The van der Waals surface area contributed by atoms with Crippen molar-refractivity contribution in [1.82, 2.24) is 14.8 Å². The van der Waals surface area contributed by atoms with Crippen LogP contribution in [0.1, 0.15) is 10.5 Å². The van der Waals surface area contributed by atoms with Crippen LogP contribution < -0.4 is 0 Å². The average molecular weight is 270 g/mol. The van der Waals surface area contributed by atoms with Crippen molar-refractivity contribution < 1.29 is 23.6 Å². The van der Waals surface area contributed by atoms with E-state index in [1.165, 1.54) is 0 Å². The van der Waals surface area contributed by atoms with Gasteiger partial charge in [0.2, 0.25) is 5.69 Å². The highest BCUT2D eigenvalue weighted by Crippen LogP contribution is 2.20. The molecule has 0 spiro atoms. The van der Waals surface area contributed by atoms with E-state index in [0.717, 1.165) is 0 Å². The molecule has 0 aromatic carbocycles. The second-order valence-electron chi connectivity index (χ2n) is 3.33. The third-order valence-corrected chi connectivity index (χ3v) is 2.10. The third kappa shape index (κ3) is 2.22. The Labute approximate surface area is 103 Å². The summed E-state index contributed by atoms with van der Waals surface area (Å²) in [6.07, 6.45) is 1.36. The average Bonchev–Trinajstić information content (AvgIpc) is 2.73. The minimum absolute atomic E-state index is 0.496. The Hall–Kier alpha value is -2.91. The second kappa shape index (κ2) is 4.40. The van der Waals surface area contributed by atoms with Gasteiger partial charge in [-0.25, -0.2) is 23.2 Å². The Morgan fingerprint density at radius 3 is 2.63 bits per heavy atom. The normalized spacial score (nSPS) is 10.4. The molecule has 1 N–H and O–H groups in total. The smallest absolute Gasteiger partial charge is 0.363 e. The highest BCUT2D eigenvalue weighted by molar-refractivity contribution is 5.89. The van der Waals surface area contributed by atoms with E-state index in [1.54, 1.807) is 0 Å². The van der Waals surface area contributed by atoms with Gasteiger partial charge in [0.15, 0.2) is 11.6 Å². The first-order valence-corrected chi connectivity index (χ1v) is 4.69. The molecule has 0 saturated carbocycles. The minimum Gasteiger partial charge on any atom is -0.476 e. The van der Waals surface area contributed by atoms with Gasteiger partial charge in [0, 0.05) is 6.07 Å². The Bertz CT molecular complexity index is 653. The number of hydrogen-bond donors (Lipinski definition) is 1. The lowest BCUT2D eigenvalue weighted by molar-refractivity contribution is -0.385.